The van der Waals surface area contributed by atoms with Crippen LogP contribution in [0.2, 0.25) is 0 Å². The van der Waals surface area contributed by atoms with Crippen molar-refractivity contribution in [3.63, 3.8) is 0 Å². The minimum Gasteiger partial charge on any atom is -0.368 e. The third-order valence-corrected chi connectivity index (χ3v) is 5.07. The minimum absolute atomic E-state index is 0.508. The Morgan fingerprint density at radius 1 is 1.24 bits per heavy atom. The van der Waals surface area contributed by atoms with E-state index in [1.807, 2.05) is 6.20 Å². The predicted molar refractivity (Wildman–Crippen MR) is 88.5 cm³/mol. The summed E-state index contributed by atoms with van der Waals surface area (Å²) in [6, 6.07) is 5.79. The van der Waals surface area contributed by atoms with Gasteiger partial charge in [-0.3, -0.25) is 4.98 Å². The molecule has 3 heteroatoms. The van der Waals surface area contributed by atoms with Crippen LogP contribution in [0.3, 0.4) is 0 Å². The van der Waals surface area contributed by atoms with Gasteiger partial charge in [0, 0.05) is 37.1 Å². The van der Waals surface area contributed by atoms with Gasteiger partial charge in [-0.1, -0.05) is 26.7 Å². The lowest BCUT2D eigenvalue weighted by molar-refractivity contribution is 0.244. The quantitative estimate of drug-likeness (QED) is 0.914. The van der Waals surface area contributed by atoms with Crippen molar-refractivity contribution in [1.82, 2.24) is 10.3 Å². The molecule has 1 aromatic rings. The zero-order valence-corrected chi connectivity index (χ0v) is 13.5. The van der Waals surface area contributed by atoms with E-state index in [0.717, 1.165) is 18.5 Å². The summed E-state index contributed by atoms with van der Waals surface area (Å²) in [5.74, 6) is 0.929. The average Bonchev–Trinajstić information content (AvgIpc) is 2.52. The zero-order valence-electron chi connectivity index (χ0n) is 13.5. The number of anilines is 1. The standard InChI is InChI=1S/C18H29N3/c1-14(2)20-13-16-12-17(9-10-19-16)21-11-5-7-15-6-3-4-8-18(15)21/h9-10,12,14-15,18,20H,3-8,11,13H2,1-2H3/t15-,18-/m1/s1. The molecular weight excluding hydrogens is 258 g/mol. The molecule has 3 nitrogen and oxygen atoms in total. The molecule has 0 aromatic carbocycles. The van der Waals surface area contributed by atoms with E-state index in [-0.39, 0.29) is 0 Å². The molecule has 0 amide bonds. The van der Waals surface area contributed by atoms with E-state index >= 15 is 0 Å². The lowest BCUT2D eigenvalue weighted by atomic mass is 9.78. The predicted octanol–water partition coefficient (Wildman–Crippen LogP) is 3.74. The molecule has 1 aromatic heterocycles. The first kappa shape index (κ1) is 14.8. The highest BCUT2D eigenvalue weighted by molar-refractivity contribution is 5.48. The molecule has 21 heavy (non-hydrogen) atoms. The largest absolute Gasteiger partial charge is 0.368 e. The van der Waals surface area contributed by atoms with E-state index in [0.29, 0.717) is 6.04 Å². The van der Waals surface area contributed by atoms with E-state index in [4.69, 9.17) is 0 Å². The summed E-state index contributed by atoms with van der Waals surface area (Å²) in [7, 11) is 0. The number of hydrogen-bond donors (Lipinski definition) is 1. The van der Waals surface area contributed by atoms with E-state index < -0.39 is 0 Å². The van der Waals surface area contributed by atoms with Gasteiger partial charge >= 0.3 is 0 Å². The molecule has 1 aliphatic heterocycles. The molecule has 2 fully saturated rings. The molecular formula is C18H29N3. The van der Waals surface area contributed by atoms with Crippen LogP contribution in [0, 0.1) is 5.92 Å². The summed E-state index contributed by atoms with van der Waals surface area (Å²) in [4.78, 5) is 7.20. The van der Waals surface area contributed by atoms with Crippen LogP contribution in [0.5, 0.6) is 0 Å². The zero-order chi connectivity index (χ0) is 14.7. The van der Waals surface area contributed by atoms with Gasteiger partial charge in [0.2, 0.25) is 0 Å². The van der Waals surface area contributed by atoms with Gasteiger partial charge in [-0.15, -0.1) is 0 Å². The molecule has 0 unspecified atom stereocenters. The Morgan fingerprint density at radius 2 is 2.05 bits per heavy atom. The van der Waals surface area contributed by atoms with Crippen LogP contribution in [0.4, 0.5) is 5.69 Å². The topological polar surface area (TPSA) is 28.2 Å². The summed E-state index contributed by atoms with van der Waals surface area (Å²) in [5.41, 5.74) is 2.56. The van der Waals surface area contributed by atoms with Crippen molar-refractivity contribution < 1.29 is 0 Å². The van der Waals surface area contributed by atoms with Crippen LogP contribution < -0.4 is 10.2 Å². The highest BCUT2D eigenvalue weighted by Gasteiger charge is 2.33. The van der Waals surface area contributed by atoms with Gasteiger partial charge in [-0.2, -0.15) is 0 Å². The SMILES string of the molecule is CC(C)NCc1cc(N2CCC[C@H]3CCCC[C@H]32)ccn1. The number of piperidine rings is 1. The summed E-state index contributed by atoms with van der Waals surface area (Å²) in [6.45, 7) is 6.46. The Kier molecular flexibility index (Phi) is 4.79. The minimum atomic E-state index is 0.508. The number of hydrogen-bond acceptors (Lipinski definition) is 3. The van der Waals surface area contributed by atoms with Gasteiger partial charge in [-0.05, 0) is 43.7 Å². The lowest BCUT2D eigenvalue weighted by Crippen LogP contribution is -2.47. The fraction of sp³-hybridized carbons (Fsp3) is 0.722. The number of fused-ring (bicyclic) bond motifs is 1. The van der Waals surface area contributed by atoms with Crippen molar-refractivity contribution in [3.05, 3.63) is 24.0 Å². The molecule has 1 N–H and O–H groups in total. The third kappa shape index (κ3) is 3.57. The number of nitrogens with one attached hydrogen (secondary N) is 1. The Balaban J connectivity index is 1.74. The van der Waals surface area contributed by atoms with Crippen LogP contribution in [-0.2, 0) is 6.54 Å². The third-order valence-electron chi connectivity index (χ3n) is 5.07. The summed E-state index contributed by atoms with van der Waals surface area (Å²) >= 11 is 0. The van der Waals surface area contributed by atoms with Gasteiger partial charge in [0.25, 0.3) is 0 Å². The van der Waals surface area contributed by atoms with Gasteiger partial charge in [0.1, 0.15) is 0 Å². The Labute approximate surface area is 129 Å². The van der Waals surface area contributed by atoms with Gasteiger partial charge in [-0.25, -0.2) is 0 Å². The lowest BCUT2D eigenvalue weighted by Gasteiger charge is -2.45. The number of aromatic nitrogens is 1. The first-order valence-electron chi connectivity index (χ1n) is 8.69. The van der Waals surface area contributed by atoms with E-state index in [1.54, 1.807) is 0 Å². The maximum Gasteiger partial charge on any atom is 0.0562 e. The van der Waals surface area contributed by atoms with Crippen molar-refractivity contribution in [2.45, 2.75) is 71.0 Å². The molecule has 1 saturated carbocycles. The molecule has 0 radical (unpaired) electrons. The average molecular weight is 287 g/mol. The molecule has 2 atom stereocenters. The molecule has 2 heterocycles. The number of rotatable bonds is 4. The maximum absolute atomic E-state index is 4.52. The highest BCUT2D eigenvalue weighted by Crippen LogP contribution is 2.37. The molecule has 0 bridgehead atoms. The van der Waals surface area contributed by atoms with E-state index in [9.17, 15) is 0 Å². The Hall–Kier alpha value is -1.09. The molecule has 116 valence electrons. The second-order valence-electron chi connectivity index (χ2n) is 6.99. The summed E-state index contributed by atoms with van der Waals surface area (Å²) in [5, 5.41) is 3.47. The Bertz CT molecular complexity index is 456. The maximum atomic E-state index is 4.52. The van der Waals surface area contributed by atoms with Gasteiger partial charge in [0.15, 0.2) is 0 Å². The first-order chi connectivity index (χ1) is 10.2. The normalized spacial score (nSPS) is 26.0. The molecule has 1 aliphatic carbocycles. The van der Waals surface area contributed by atoms with Crippen LogP contribution >= 0.6 is 0 Å². The second-order valence-corrected chi connectivity index (χ2v) is 6.99. The highest BCUT2D eigenvalue weighted by atomic mass is 15.2. The summed E-state index contributed by atoms with van der Waals surface area (Å²) < 4.78 is 0. The van der Waals surface area contributed by atoms with E-state index in [2.05, 4.69) is 41.2 Å². The van der Waals surface area contributed by atoms with Crippen molar-refractivity contribution in [3.8, 4) is 0 Å². The molecule has 3 rings (SSSR count). The Morgan fingerprint density at radius 3 is 2.90 bits per heavy atom. The second kappa shape index (κ2) is 6.78. The smallest absolute Gasteiger partial charge is 0.0562 e. The molecule has 1 saturated heterocycles. The van der Waals surface area contributed by atoms with E-state index in [1.165, 1.54) is 56.5 Å². The van der Waals surface area contributed by atoms with Gasteiger partial charge < -0.3 is 10.2 Å². The van der Waals surface area contributed by atoms with Crippen molar-refractivity contribution in [1.29, 1.82) is 0 Å². The van der Waals surface area contributed by atoms with Crippen LogP contribution in [0.1, 0.15) is 58.1 Å². The van der Waals surface area contributed by atoms with Crippen LogP contribution in [-0.4, -0.2) is 23.6 Å². The number of nitrogens with zero attached hydrogens (tertiary/aromatic N) is 2. The fourth-order valence-corrected chi connectivity index (χ4v) is 3.99. The fourth-order valence-electron chi connectivity index (χ4n) is 3.99. The monoisotopic (exact) mass is 287 g/mol. The van der Waals surface area contributed by atoms with Crippen LogP contribution in [0.15, 0.2) is 18.3 Å². The first-order valence-corrected chi connectivity index (χ1v) is 8.69. The van der Waals surface area contributed by atoms with Crippen molar-refractivity contribution in [2.24, 2.45) is 5.92 Å². The van der Waals surface area contributed by atoms with Crippen molar-refractivity contribution >= 4 is 5.69 Å². The summed E-state index contributed by atoms with van der Waals surface area (Å²) in [6.07, 6.45) is 10.4. The molecule has 0 spiro atoms. The molecule has 2 aliphatic rings. The number of pyridine rings is 1. The van der Waals surface area contributed by atoms with Crippen LogP contribution in [0.25, 0.3) is 0 Å². The van der Waals surface area contributed by atoms with Crippen molar-refractivity contribution in [2.75, 3.05) is 11.4 Å². The van der Waals surface area contributed by atoms with Gasteiger partial charge in [0.05, 0.1) is 5.69 Å².